The average Bonchev–Trinajstić information content (AvgIpc) is 3.03. The second-order valence-corrected chi connectivity index (χ2v) is 5.90. The third-order valence-corrected chi connectivity index (χ3v) is 4.57. The Labute approximate surface area is 108 Å². The van der Waals surface area contributed by atoms with E-state index in [4.69, 9.17) is 0 Å². The van der Waals surface area contributed by atoms with Gasteiger partial charge < -0.3 is 5.32 Å². The quantitative estimate of drug-likeness (QED) is 0.882. The predicted octanol–water partition coefficient (Wildman–Crippen LogP) is 1.86. The maximum Gasteiger partial charge on any atom is 0.220 e. The molecule has 1 N–H and O–H groups in total. The van der Waals surface area contributed by atoms with Gasteiger partial charge in [0, 0.05) is 19.7 Å². The molecular formula is C14H21N3O. The number of amides is 1. The molecule has 2 aliphatic carbocycles. The molecule has 4 heteroatoms. The zero-order valence-corrected chi connectivity index (χ0v) is 10.9. The van der Waals surface area contributed by atoms with E-state index in [0.717, 1.165) is 17.5 Å². The summed E-state index contributed by atoms with van der Waals surface area (Å²) >= 11 is 0. The Morgan fingerprint density at radius 1 is 1.50 bits per heavy atom. The van der Waals surface area contributed by atoms with Crippen molar-refractivity contribution in [1.29, 1.82) is 0 Å². The molecule has 1 aromatic heterocycles. The Bertz CT molecular complexity index is 440. The van der Waals surface area contributed by atoms with Gasteiger partial charge in [-0.25, -0.2) is 0 Å². The average molecular weight is 247 g/mol. The minimum absolute atomic E-state index is 0.193. The molecule has 0 aromatic carbocycles. The summed E-state index contributed by atoms with van der Waals surface area (Å²) in [4.78, 5) is 11.9. The van der Waals surface area contributed by atoms with E-state index in [2.05, 4.69) is 10.4 Å². The van der Waals surface area contributed by atoms with Gasteiger partial charge in [-0.3, -0.25) is 9.48 Å². The van der Waals surface area contributed by atoms with E-state index in [1.165, 1.54) is 25.7 Å². The monoisotopic (exact) mass is 247 g/mol. The molecule has 3 rings (SSSR count). The van der Waals surface area contributed by atoms with Crippen LogP contribution in [-0.2, 0) is 18.4 Å². The highest BCUT2D eigenvalue weighted by Crippen LogP contribution is 2.49. The van der Waals surface area contributed by atoms with Crippen molar-refractivity contribution in [3.05, 3.63) is 18.0 Å². The molecule has 18 heavy (non-hydrogen) atoms. The number of nitrogens with one attached hydrogen (secondary N) is 1. The minimum Gasteiger partial charge on any atom is -0.350 e. The van der Waals surface area contributed by atoms with Gasteiger partial charge in [0.25, 0.3) is 0 Å². The van der Waals surface area contributed by atoms with Gasteiger partial charge in [-0.2, -0.15) is 5.10 Å². The zero-order chi connectivity index (χ0) is 12.5. The first-order chi connectivity index (χ1) is 8.70. The largest absolute Gasteiger partial charge is 0.350 e. The molecule has 0 spiro atoms. The van der Waals surface area contributed by atoms with E-state index in [0.29, 0.717) is 18.9 Å². The summed E-state index contributed by atoms with van der Waals surface area (Å²) in [6.07, 6.45) is 8.02. The van der Waals surface area contributed by atoms with Gasteiger partial charge in [0.05, 0.1) is 12.2 Å². The molecule has 2 saturated carbocycles. The van der Waals surface area contributed by atoms with Crippen LogP contribution in [0, 0.1) is 17.8 Å². The number of carbonyl (C=O) groups excluding carboxylic acids is 1. The number of aryl methyl sites for hydroxylation is 1. The lowest BCUT2D eigenvalue weighted by atomic mass is 9.86. The standard InChI is InChI=1S/C14H21N3O/c1-17-5-4-13(16-17)9-15-14(18)8-12-7-10-2-3-11(12)6-10/h4-5,10-12H,2-3,6-9H2,1H3,(H,15,18). The van der Waals surface area contributed by atoms with Crippen molar-refractivity contribution in [2.45, 2.75) is 38.6 Å². The summed E-state index contributed by atoms with van der Waals surface area (Å²) in [5.41, 5.74) is 0.929. The summed E-state index contributed by atoms with van der Waals surface area (Å²) in [6, 6.07) is 1.94. The van der Waals surface area contributed by atoms with E-state index in [9.17, 15) is 4.79 Å². The smallest absolute Gasteiger partial charge is 0.220 e. The molecule has 4 nitrogen and oxygen atoms in total. The van der Waals surface area contributed by atoms with Crippen LogP contribution in [0.1, 0.15) is 37.8 Å². The van der Waals surface area contributed by atoms with Crippen LogP contribution in [0.5, 0.6) is 0 Å². The van der Waals surface area contributed by atoms with Crippen molar-refractivity contribution in [3.8, 4) is 0 Å². The molecule has 1 aromatic rings. The summed E-state index contributed by atoms with van der Waals surface area (Å²) in [6.45, 7) is 0.556. The molecule has 1 amide bonds. The lowest BCUT2D eigenvalue weighted by Crippen LogP contribution is -2.27. The SMILES string of the molecule is Cn1ccc(CNC(=O)CC2CC3CCC2C3)n1. The van der Waals surface area contributed by atoms with Crippen LogP contribution < -0.4 is 5.32 Å². The lowest BCUT2D eigenvalue weighted by Gasteiger charge is -2.20. The number of hydrogen-bond acceptors (Lipinski definition) is 2. The van der Waals surface area contributed by atoms with Crippen LogP contribution in [0.4, 0.5) is 0 Å². The van der Waals surface area contributed by atoms with Crippen LogP contribution in [0.2, 0.25) is 0 Å². The fraction of sp³-hybridized carbons (Fsp3) is 0.714. The van der Waals surface area contributed by atoms with Gasteiger partial charge >= 0.3 is 0 Å². The van der Waals surface area contributed by atoms with E-state index in [1.54, 1.807) is 4.68 Å². The van der Waals surface area contributed by atoms with Gasteiger partial charge in [-0.05, 0) is 43.1 Å². The Hall–Kier alpha value is -1.32. The van der Waals surface area contributed by atoms with E-state index in [-0.39, 0.29) is 5.91 Å². The van der Waals surface area contributed by atoms with Gasteiger partial charge in [-0.15, -0.1) is 0 Å². The number of fused-ring (bicyclic) bond motifs is 2. The molecule has 3 unspecified atom stereocenters. The van der Waals surface area contributed by atoms with Crippen molar-refractivity contribution in [2.24, 2.45) is 24.8 Å². The Morgan fingerprint density at radius 3 is 3.00 bits per heavy atom. The van der Waals surface area contributed by atoms with Crippen LogP contribution in [0.15, 0.2) is 12.3 Å². The first kappa shape index (κ1) is 11.8. The maximum atomic E-state index is 11.9. The van der Waals surface area contributed by atoms with Gasteiger partial charge in [0.15, 0.2) is 0 Å². The molecule has 2 bridgehead atoms. The summed E-state index contributed by atoms with van der Waals surface area (Å²) < 4.78 is 1.76. The molecule has 3 atom stereocenters. The maximum absolute atomic E-state index is 11.9. The molecule has 0 aliphatic heterocycles. The summed E-state index contributed by atoms with van der Waals surface area (Å²) in [7, 11) is 1.89. The molecule has 2 fully saturated rings. The number of aromatic nitrogens is 2. The van der Waals surface area contributed by atoms with Crippen molar-refractivity contribution < 1.29 is 4.79 Å². The first-order valence-electron chi connectivity index (χ1n) is 6.96. The minimum atomic E-state index is 0.193. The number of nitrogens with zero attached hydrogens (tertiary/aromatic N) is 2. The topological polar surface area (TPSA) is 46.9 Å². The lowest BCUT2D eigenvalue weighted by molar-refractivity contribution is -0.122. The zero-order valence-electron chi connectivity index (χ0n) is 10.9. The van der Waals surface area contributed by atoms with Crippen molar-refractivity contribution >= 4 is 5.91 Å². The highest BCUT2D eigenvalue weighted by atomic mass is 16.1. The molecule has 1 heterocycles. The fourth-order valence-electron chi connectivity index (χ4n) is 3.68. The van der Waals surface area contributed by atoms with Crippen LogP contribution in [0.25, 0.3) is 0 Å². The van der Waals surface area contributed by atoms with Crippen LogP contribution in [0.3, 0.4) is 0 Å². The first-order valence-corrected chi connectivity index (χ1v) is 6.96. The van der Waals surface area contributed by atoms with Gasteiger partial charge in [-0.1, -0.05) is 6.42 Å². The third-order valence-electron chi connectivity index (χ3n) is 4.57. The Kier molecular flexibility index (Phi) is 3.10. The Morgan fingerprint density at radius 2 is 2.39 bits per heavy atom. The van der Waals surface area contributed by atoms with E-state index < -0.39 is 0 Å². The fourth-order valence-corrected chi connectivity index (χ4v) is 3.68. The van der Waals surface area contributed by atoms with E-state index >= 15 is 0 Å². The highest BCUT2D eigenvalue weighted by Gasteiger charge is 2.39. The highest BCUT2D eigenvalue weighted by molar-refractivity contribution is 5.76. The number of hydrogen-bond donors (Lipinski definition) is 1. The van der Waals surface area contributed by atoms with Crippen LogP contribution >= 0.6 is 0 Å². The number of carbonyl (C=O) groups is 1. The van der Waals surface area contributed by atoms with Crippen LogP contribution in [-0.4, -0.2) is 15.7 Å². The molecule has 0 saturated heterocycles. The predicted molar refractivity (Wildman–Crippen MR) is 68.6 cm³/mol. The van der Waals surface area contributed by atoms with Crippen molar-refractivity contribution in [2.75, 3.05) is 0 Å². The van der Waals surface area contributed by atoms with Gasteiger partial charge in [0.1, 0.15) is 0 Å². The third kappa shape index (κ3) is 2.42. The van der Waals surface area contributed by atoms with Crippen molar-refractivity contribution in [1.82, 2.24) is 15.1 Å². The Balaban J connectivity index is 1.45. The summed E-state index contributed by atoms with van der Waals surface area (Å²) in [5, 5.41) is 7.24. The molecule has 2 aliphatic rings. The van der Waals surface area contributed by atoms with E-state index in [1.807, 2.05) is 19.3 Å². The summed E-state index contributed by atoms with van der Waals surface area (Å²) in [5.74, 6) is 2.59. The molecular weight excluding hydrogens is 226 g/mol. The molecule has 0 radical (unpaired) electrons. The van der Waals surface area contributed by atoms with Crippen molar-refractivity contribution in [3.63, 3.8) is 0 Å². The molecule has 98 valence electrons. The number of rotatable bonds is 4. The normalized spacial score (nSPS) is 29.7. The second-order valence-electron chi connectivity index (χ2n) is 5.90. The second kappa shape index (κ2) is 4.75. The van der Waals surface area contributed by atoms with Gasteiger partial charge in [0.2, 0.25) is 5.91 Å².